The van der Waals surface area contributed by atoms with Crippen molar-refractivity contribution in [2.75, 3.05) is 38.5 Å². The second-order valence-corrected chi connectivity index (χ2v) is 5.79. The van der Waals surface area contributed by atoms with E-state index >= 15 is 0 Å². The van der Waals surface area contributed by atoms with Crippen LogP contribution in [0.4, 0.5) is 5.82 Å². The van der Waals surface area contributed by atoms with Crippen LogP contribution in [-0.2, 0) is 0 Å². The number of carbonyl (C=O) groups excluding carboxylic acids is 1. The van der Waals surface area contributed by atoms with E-state index in [1.807, 2.05) is 4.90 Å². The first-order valence-corrected chi connectivity index (χ1v) is 7.81. The lowest BCUT2D eigenvalue weighted by Gasteiger charge is -2.37. The molecule has 1 aromatic rings. The fraction of sp³-hybridized carbons (Fsp3) is 0.600. The molecule has 116 valence electrons. The summed E-state index contributed by atoms with van der Waals surface area (Å²) < 4.78 is 0. The topological polar surface area (TPSA) is 48.5 Å². The molecule has 1 atom stereocenters. The van der Waals surface area contributed by atoms with Crippen LogP contribution in [0.3, 0.4) is 0 Å². The van der Waals surface area contributed by atoms with Gasteiger partial charge in [0, 0.05) is 45.5 Å². The van der Waals surface area contributed by atoms with E-state index < -0.39 is 0 Å². The summed E-state index contributed by atoms with van der Waals surface area (Å²) in [5, 5.41) is 3.34. The van der Waals surface area contributed by atoms with E-state index in [4.69, 9.17) is 11.6 Å². The molecule has 1 aliphatic heterocycles. The van der Waals surface area contributed by atoms with Gasteiger partial charge in [0.15, 0.2) is 0 Å². The minimum atomic E-state index is -0.0114. The maximum atomic E-state index is 12.6. The number of hydrogen-bond acceptors (Lipinski definition) is 4. The van der Waals surface area contributed by atoms with Crippen LogP contribution >= 0.6 is 11.6 Å². The van der Waals surface area contributed by atoms with Crippen LogP contribution in [-0.4, -0.2) is 60.0 Å². The first kappa shape index (κ1) is 16.0. The minimum Gasteiger partial charge on any atom is -0.373 e. The average molecular weight is 311 g/mol. The van der Waals surface area contributed by atoms with Crippen LogP contribution in [0.2, 0.25) is 5.02 Å². The Morgan fingerprint density at radius 1 is 1.43 bits per heavy atom. The lowest BCUT2D eigenvalue weighted by molar-refractivity contribution is 0.0580. The highest BCUT2D eigenvalue weighted by Crippen LogP contribution is 2.21. The zero-order valence-corrected chi connectivity index (χ0v) is 13.7. The summed E-state index contributed by atoms with van der Waals surface area (Å²) in [7, 11) is 1.77. The first-order chi connectivity index (χ1) is 10.1. The predicted molar refractivity (Wildman–Crippen MR) is 86.0 cm³/mol. The lowest BCUT2D eigenvalue weighted by atomic mass is 10.1. The number of aromatic nitrogens is 1. The molecule has 0 radical (unpaired) electrons. The van der Waals surface area contributed by atoms with Gasteiger partial charge in [0.1, 0.15) is 5.82 Å². The van der Waals surface area contributed by atoms with Crippen molar-refractivity contribution < 1.29 is 4.79 Å². The third kappa shape index (κ3) is 3.66. The van der Waals surface area contributed by atoms with E-state index in [0.717, 1.165) is 32.6 Å². The summed E-state index contributed by atoms with van der Waals surface area (Å²) in [5.74, 6) is 0.642. The second-order valence-electron chi connectivity index (χ2n) is 5.38. The highest BCUT2D eigenvalue weighted by atomic mass is 35.5. The van der Waals surface area contributed by atoms with Crippen LogP contribution in [0, 0.1) is 0 Å². The maximum absolute atomic E-state index is 12.6. The number of nitrogens with zero attached hydrogens (tertiary/aromatic N) is 3. The van der Waals surface area contributed by atoms with Crippen molar-refractivity contribution in [1.82, 2.24) is 14.8 Å². The molecule has 1 aliphatic rings. The number of rotatable bonds is 4. The molecular formula is C15H23ClN4O. The molecule has 1 aromatic heterocycles. The Morgan fingerprint density at radius 3 is 2.67 bits per heavy atom. The number of carbonyl (C=O) groups is 1. The Hall–Kier alpha value is -1.33. The number of piperazine rings is 1. The molecule has 1 N–H and O–H groups in total. The van der Waals surface area contributed by atoms with Crippen LogP contribution in [0.25, 0.3) is 0 Å². The molecular weight excluding hydrogens is 288 g/mol. The van der Waals surface area contributed by atoms with E-state index in [9.17, 15) is 4.79 Å². The van der Waals surface area contributed by atoms with Gasteiger partial charge in [0.2, 0.25) is 0 Å². The molecule has 1 saturated heterocycles. The SMILES string of the molecule is CCC(C)N1CCN(C(=O)c2cc(NC)ncc2Cl)CC1. The zero-order chi connectivity index (χ0) is 15.4. The Morgan fingerprint density at radius 2 is 2.10 bits per heavy atom. The van der Waals surface area contributed by atoms with Gasteiger partial charge in [0.25, 0.3) is 5.91 Å². The first-order valence-electron chi connectivity index (χ1n) is 7.43. The van der Waals surface area contributed by atoms with Crippen molar-refractivity contribution in [2.24, 2.45) is 0 Å². The van der Waals surface area contributed by atoms with Gasteiger partial charge in [-0.25, -0.2) is 4.98 Å². The number of amides is 1. The van der Waals surface area contributed by atoms with Crippen molar-refractivity contribution in [1.29, 1.82) is 0 Å². The molecule has 0 spiro atoms. The standard InChI is InChI=1S/C15H23ClN4O/c1-4-11(2)19-5-7-20(8-6-19)15(21)12-9-14(17-3)18-10-13(12)16/h9-11H,4-8H2,1-3H3,(H,17,18). The van der Waals surface area contributed by atoms with Gasteiger partial charge in [-0.2, -0.15) is 0 Å². The summed E-state index contributed by atoms with van der Waals surface area (Å²) in [6.07, 6.45) is 2.66. The Balaban J connectivity index is 2.05. The van der Waals surface area contributed by atoms with Crippen LogP contribution in [0.15, 0.2) is 12.3 Å². The smallest absolute Gasteiger partial charge is 0.255 e. The van der Waals surface area contributed by atoms with E-state index in [1.165, 1.54) is 6.20 Å². The van der Waals surface area contributed by atoms with E-state index in [1.54, 1.807) is 13.1 Å². The molecule has 6 heteroatoms. The maximum Gasteiger partial charge on any atom is 0.255 e. The highest BCUT2D eigenvalue weighted by molar-refractivity contribution is 6.33. The summed E-state index contributed by atoms with van der Waals surface area (Å²) in [4.78, 5) is 21.0. The van der Waals surface area contributed by atoms with Gasteiger partial charge in [-0.05, 0) is 19.4 Å². The molecule has 2 rings (SSSR count). The summed E-state index contributed by atoms with van der Waals surface area (Å²) in [5.41, 5.74) is 0.521. The molecule has 1 unspecified atom stereocenters. The molecule has 0 aliphatic carbocycles. The van der Waals surface area contributed by atoms with Crippen molar-refractivity contribution in [3.63, 3.8) is 0 Å². The normalized spacial score (nSPS) is 17.6. The molecule has 2 heterocycles. The van der Waals surface area contributed by atoms with Gasteiger partial charge in [-0.3, -0.25) is 9.69 Å². The van der Waals surface area contributed by atoms with E-state index in [0.29, 0.717) is 22.4 Å². The van der Waals surface area contributed by atoms with Gasteiger partial charge in [-0.1, -0.05) is 18.5 Å². The van der Waals surface area contributed by atoms with Crippen molar-refractivity contribution >= 4 is 23.3 Å². The Kier molecular flexibility index (Phi) is 5.42. The van der Waals surface area contributed by atoms with E-state index in [2.05, 4.69) is 29.0 Å². The summed E-state index contributed by atoms with van der Waals surface area (Å²) in [6, 6.07) is 2.29. The molecule has 21 heavy (non-hydrogen) atoms. The van der Waals surface area contributed by atoms with Gasteiger partial charge in [-0.15, -0.1) is 0 Å². The molecule has 1 fully saturated rings. The number of hydrogen-bond donors (Lipinski definition) is 1. The van der Waals surface area contributed by atoms with Gasteiger partial charge >= 0.3 is 0 Å². The number of anilines is 1. The monoisotopic (exact) mass is 310 g/mol. The lowest BCUT2D eigenvalue weighted by Crippen LogP contribution is -2.51. The largest absolute Gasteiger partial charge is 0.373 e. The van der Waals surface area contributed by atoms with E-state index in [-0.39, 0.29) is 5.91 Å². The number of pyridine rings is 1. The Labute approximate surface area is 131 Å². The van der Waals surface area contributed by atoms with Crippen molar-refractivity contribution in [2.45, 2.75) is 26.3 Å². The van der Waals surface area contributed by atoms with Crippen molar-refractivity contribution in [3.05, 3.63) is 22.8 Å². The number of halogens is 1. The van der Waals surface area contributed by atoms with Crippen LogP contribution in [0.5, 0.6) is 0 Å². The molecule has 0 bridgehead atoms. The highest BCUT2D eigenvalue weighted by Gasteiger charge is 2.25. The third-order valence-electron chi connectivity index (χ3n) is 4.16. The molecule has 1 amide bonds. The third-order valence-corrected chi connectivity index (χ3v) is 4.46. The molecule has 0 saturated carbocycles. The van der Waals surface area contributed by atoms with Gasteiger partial charge < -0.3 is 10.2 Å². The van der Waals surface area contributed by atoms with Crippen LogP contribution < -0.4 is 5.32 Å². The zero-order valence-electron chi connectivity index (χ0n) is 12.9. The fourth-order valence-corrected chi connectivity index (χ4v) is 2.72. The average Bonchev–Trinajstić information content (AvgIpc) is 2.54. The molecule has 0 aromatic carbocycles. The quantitative estimate of drug-likeness (QED) is 0.927. The minimum absolute atomic E-state index is 0.0114. The second kappa shape index (κ2) is 7.09. The number of nitrogens with one attached hydrogen (secondary N) is 1. The molecule has 5 nitrogen and oxygen atoms in total. The van der Waals surface area contributed by atoms with Gasteiger partial charge in [0.05, 0.1) is 10.6 Å². The fourth-order valence-electron chi connectivity index (χ4n) is 2.53. The summed E-state index contributed by atoms with van der Waals surface area (Å²) >= 11 is 6.12. The van der Waals surface area contributed by atoms with Crippen molar-refractivity contribution in [3.8, 4) is 0 Å². The van der Waals surface area contributed by atoms with Crippen LogP contribution in [0.1, 0.15) is 30.6 Å². The summed E-state index contributed by atoms with van der Waals surface area (Å²) in [6.45, 7) is 7.76. The predicted octanol–water partition coefficient (Wildman–Crippen LogP) is 2.33. The Bertz CT molecular complexity index is 500.